The Morgan fingerprint density at radius 3 is 2.50 bits per heavy atom. The summed E-state index contributed by atoms with van der Waals surface area (Å²) in [7, 11) is 3.70. The highest BCUT2D eigenvalue weighted by molar-refractivity contribution is 5.05. The van der Waals surface area contributed by atoms with Gasteiger partial charge in [-0.2, -0.15) is 0 Å². The van der Waals surface area contributed by atoms with Crippen LogP contribution in [0.2, 0.25) is 0 Å². The van der Waals surface area contributed by atoms with Crippen LogP contribution in [0, 0.1) is 0 Å². The highest BCUT2D eigenvalue weighted by Crippen LogP contribution is 1.95. The molecule has 0 aliphatic carbocycles. The molecule has 1 heterocycles. The molecule has 54 valence electrons. The third kappa shape index (κ3) is 1.81. The number of aromatic nitrogens is 1. The van der Waals surface area contributed by atoms with E-state index < -0.39 is 0 Å². The smallest absolute Gasteiger partial charge is 0.168 e. The first-order valence-electron chi connectivity index (χ1n) is 3.26. The first kappa shape index (κ1) is 7.22. The monoisotopic (exact) mass is 138 g/mol. The number of aryl methyl sites for hydroxylation is 1. The molecule has 0 aliphatic heterocycles. The molecular formula is C8H12NO+. The number of pyridine rings is 1. The highest BCUT2D eigenvalue weighted by atomic mass is 16.5. The van der Waals surface area contributed by atoms with Crippen LogP contribution in [0.15, 0.2) is 24.5 Å². The van der Waals surface area contributed by atoms with Crippen LogP contribution < -0.4 is 4.57 Å². The Morgan fingerprint density at radius 2 is 2.00 bits per heavy atom. The molecule has 0 N–H and O–H groups in total. The zero-order valence-electron chi connectivity index (χ0n) is 6.37. The Balaban J connectivity index is 2.69. The molecule has 0 saturated heterocycles. The molecule has 0 fully saturated rings. The summed E-state index contributed by atoms with van der Waals surface area (Å²) in [5, 5.41) is 0. The zero-order chi connectivity index (χ0) is 7.40. The van der Waals surface area contributed by atoms with Crippen molar-refractivity contribution in [2.45, 2.75) is 6.61 Å². The summed E-state index contributed by atoms with van der Waals surface area (Å²) in [6, 6.07) is 4.09. The third-order valence-corrected chi connectivity index (χ3v) is 1.36. The summed E-state index contributed by atoms with van der Waals surface area (Å²) in [5.41, 5.74) is 1.21. The summed E-state index contributed by atoms with van der Waals surface area (Å²) in [6.45, 7) is 0.695. The minimum atomic E-state index is 0.695. The lowest BCUT2D eigenvalue weighted by atomic mass is 10.3. The normalized spacial score (nSPS) is 9.80. The van der Waals surface area contributed by atoms with Crippen LogP contribution in [0.5, 0.6) is 0 Å². The average molecular weight is 138 g/mol. The summed E-state index contributed by atoms with van der Waals surface area (Å²) in [4.78, 5) is 0. The van der Waals surface area contributed by atoms with Crippen molar-refractivity contribution in [1.82, 2.24) is 0 Å². The number of ether oxygens (including phenoxy) is 1. The van der Waals surface area contributed by atoms with E-state index in [1.54, 1.807) is 7.11 Å². The van der Waals surface area contributed by atoms with Gasteiger partial charge in [0.15, 0.2) is 12.4 Å². The fraction of sp³-hybridized carbons (Fsp3) is 0.375. The van der Waals surface area contributed by atoms with Crippen LogP contribution in [0.4, 0.5) is 0 Å². The standard InChI is InChI=1S/C8H12NO/c1-9-5-3-8(4-6-9)7-10-2/h3-6H,7H2,1-2H3/q+1. The summed E-state index contributed by atoms with van der Waals surface area (Å²) < 4.78 is 6.96. The lowest BCUT2D eigenvalue weighted by Crippen LogP contribution is -2.25. The van der Waals surface area contributed by atoms with E-state index in [0.717, 1.165) is 0 Å². The molecule has 0 unspecified atom stereocenters. The van der Waals surface area contributed by atoms with Gasteiger partial charge in [0.2, 0.25) is 0 Å². The van der Waals surface area contributed by atoms with Gasteiger partial charge in [-0.1, -0.05) is 0 Å². The minimum Gasteiger partial charge on any atom is -0.380 e. The number of nitrogens with zero attached hydrogens (tertiary/aromatic N) is 1. The minimum absolute atomic E-state index is 0.695. The molecule has 1 rings (SSSR count). The third-order valence-electron chi connectivity index (χ3n) is 1.36. The van der Waals surface area contributed by atoms with Gasteiger partial charge >= 0.3 is 0 Å². The maximum Gasteiger partial charge on any atom is 0.168 e. The molecule has 0 radical (unpaired) electrons. The highest BCUT2D eigenvalue weighted by Gasteiger charge is 1.92. The molecule has 0 amide bonds. The van der Waals surface area contributed by atoms with Crippen molar-refractivity contribution in [2.75, 3.05) is 7.11 Å². The second-order valence-corrected chi connectivity index (χ2v) is 2.30. The van der Waals surface area contributed by atoms with Crippen molar-refractivity contribution in [3.63, 3.8) is 0 Å². The van der Waals surface area contributed by atoms with Crippen LogP contribution in [-0.4, -0.2) is 7.11 Å². The summed E-state index contributed by atoms with van der Waals surface area (Å²) in [5.74, 6) is 0. The summed E-state index contributed by atoms with van der Waals surface area (Å²) >= 11 is 0. The van der Waals surface area contributed by atoms with Crippen LogP contribution in [0.1, 0.15) is 5.56 Å². The van der Waals surface area contributed by atoms with E-state index in [1.165, 1.54) is 5.56 Å². The van der Waals surface area contributed by atoms with Gasteiger partial charge in [0.05, 0.1) is 6.61 Å². The number of methoxy groups -OCH3 is 1. The Morgan fingerprint density at radius 1 is 1.40 bits per heavy atom. The van der Waals surface area contributed by atoms with Gasteiger partial charge < -0.3 is 4.74 Å². The van der Waals surface area contributed by atoms with E-state index in [0.29, 0.717) is 6.61 Å². The lowest BCUT2D eigenvalue weighted by Gasteiger charge is -1.95. The maximum atomic E-state index is 4.96. The molecule has 2 nitrogen and oxygen atoms in total. The first-order valence-corrected chi connectivity index (χ1v) is 3.26. The van der Waals surface area contributed by atoms with E-state index in [2.05, 4.69) is 0 Å². The van der Waals surface area contributed by atoms with Gasteiger partial charge in [0, 0.05) is 19.2 Å². The predicted molar refractivity (Wildman–Crippen MR) is 38.3 cm³/mol. The maximum absolute atomic E-state index is 4.96. The van der Waals surface area contributed by atoms with Crippen LogP contribution in [0.25, 0.3) is 0 Å². The SMILES string of the molecule is COCc1cc[n+](C)cc1. The van der Waals surface area contributed by atoms with E-state index in [4.69, 9.17) is 4.74 Å². The fourth-order valence-electron chi connectivity index (χ4n) is 0.795. The molecule has 0 bridgehead atoms. The predicted octanol–water partition coefficient (Wildman–Crippen LogP) is 0.657. The fourth-order valence-corrected chi connectivity index (χ4v) is 0.795. The van der Waals surface area contributed by atoms with Crippen molar-refractivity contribution in [3.05, 3.63) is 30.1 Å². The molecular weight excluding hydrogens is 126 g/mol. The van der Waals surface area contributed by atoms with Gasteiger partial charge in [-0.3, -0.25) is 0 Å². The Kier molecular flexibility index (Phi) is 2.40. The quantitative estimate of drug-likeness (QED) is 0.547. The molecule has 0 spiro atoms. The molecule has 10 heavy (non-hydrogen) atoms. The Hall–Kier alpha value is -0.890. The Labute approximate surface area is 61.1 Å². The largest absolute Gasteiger partial charge is 0.380 e. The molecule has 0 saturated carbocycles. The van der Waals surface area contributed by atoms with Gasteiger partial charge in [0.1, 0.15) is 7.05 Å². The zero-order valence-corrected chi connectivity index (χ0v) is 6.37. The van der Waals surface area contributed by atoms with Crippen molar-refractivity contribution >= 4 is 0 Å². The van der Waals surface area contributed by atoms with Crippen molar-refractivity contribution in [3.8, 4) is 0 Å². The van der Waals surface area contributed by atoms with Gasteiger partial charge in [0.25, 0.3) is 0 Å². The van der Waals surface area contributed by atoms with Gasteiger partial charge in [-0.25, -0.2) is 4.57 Å². The van der Waals surface area contributed by atoms with Crippen molar-refractivity contribution in [2.24, 2.45) is 7.05 Å². The van der Waals surface area contributed by atoms with E-state index in [9.17, 15) is 0 Å². The molecule has 0 atom stereocenters. The summed E-state index contributed by atoms with van der Waals surface area (Å²) in [6.07, 6.45) is 4.02. The molecule has 0 aromatic carbocycles. The number of hydrogen-bond donors (Lipinski definition) is 0. The van der Waals surface area contributed by atoms with Crippen LogP contribution >= 0.6 is 0 Å². The van der Waals surface area contributed by atoms with Gasteiger partial charge in [-0.15, -0.1) is 0 Å². The van der Waals surface area contributed by atoms with Crippen molar-refractivity contribution < 1.29 is 9.30 Å². The average Bonchev–Trinajstić information content (AvgIpc) is 1.95. The van der Waals surface area contributed by atoms with Crippen molar-refractivity contribution in [1.29, 1.82) is 0 Å². The van der Waals surface area contributed by atoms with E-state index >= 15 is 0 Å². The van der Waals surface area contributed by atoms with Crippen LogP contribution in [0.3, 0.4) is 0 Å². The first-order chi connectivity index (χ1) is 4.83. The van der Waals surface area contributed by atoms with Crippen LogP contribution in [-0.2, 0) is 18.4 Å². The second kappa shape index (κ2) is 3.32. The number of rotatable bonds is 2. The molecule has 1 aromatic heterocycles. The molecule has 0 aliphatic rings. The number of hydrogen-bond acceptors (Lipinski definition) is 1. The van der Waals surface area contributed by atoms with Gasteiger partial charge in [-0.05, 0) is 5.56 Å². The van der Waals surface area contributed by atoms with E-state index in [-0.39, 0.29) is 0 Å². The Bertz CT molecular complexity index is 193. The molecule has 2 heteroatoms. The second-order valence-electron chi connectivity index (χ2n) is 2.30. The lowest BCUT2D eigenvalue weighted by molar-refractivity contribution is -0.671. The molecule has 1 aromatic rings. The topological polar surface area (TPSA) is 13.1 Å². The van der Waals surface area contributed by atoms with E-state index in [1.807, 2.05) is 36.1 Å².